The molecule has 4 rings (SSSR count). The highest BCUT2D eigenvalue weighted by Crippen LogP contribution is 2.33. The Hall–Kier alpha value is -3.04. The van der Waals surface area contributed by atoms with Crippen LogP contribution < -0.4 is 10.6 Å². The standard InChI is InChI=1S/C20H17N3O4S2/c24-17(25)2-1-7-23-10-12-8-11(3-5-14(12)19(23)27)16-6-4-13(29-16)9-15-18(26)22-20(28)21-15/h3-6,8-9H,1-2,7,10H2,(H,24,25)(H2,21,22,26,28). The Kier molecular flexibility index (Phi) is 5.16. The summed E-state index contributed by atoms with van der Waals surface area (Å²) in [6.07, 6.45) is 2.25. The fourth-order valence-electron chi connectivity index (χ4n) is 3.35. The minimum atomic E-state index is -0.855. The number of hydrogen-bond acceptors (Lipinski definition) is 5. The summed E-state index contributed by atoms with van der Waals surface area (Å²) in [5.74, 6) is -1.15. The van der Waals surface area contributed by atoms with Gasteiger partial charge in [-0.3, -0.25) is 19.7 Å². The highest BCUT2D eigenvalue weighted by molar-refractivity contribution is 7.80. The van der Waals surface area contributed by atoms with Gasteiger partial charge in [0.2, 0.25) is 0 Å². The van der Waals surface area contributed by atoms with E-state index in [1.54, 1.807) is 11.0 Å². The van der Waals surface area contributed by atoms with Gasteiger partial charge in [0, 0.05) is 34.8 Å². The van der Waals surface area contributed by atoms with Crippen LogP contribution in [0.15, 0.2) is 36.0 Å². The zero-order valence-electron chi connectivity index (χ0n) is 15.2. The van der Waals surface area contributed by atoms with Crippen molar-refractivity contribution in [2.75, 3.05) is 6.54 Å². The van der Waals surface area contributed by atoms with Gasteiger partial charge in [-0.2, -0.15) is 0 Å². The minimum absolute atomic E-state index is 0.0520. The van der Waals surface area contributed by atoms with Gasteiger partial charge in [0.25, 0.3) is 11.8 Å². The summed E-state index contributed by atoms with van der Waals surface area (Å²) in [7, 11) is 0. The molecule has 2 aliphatic rings. The van der Waals surface area contributed by atoms with Gasteiger partial charge in [-0.15, -0.1) is 11.3 Å². The van der Waals surface area contributed by atoms with Crippen LogP contribution in [0.3, 0.4) is 0 Å². The highest BCUT2D eigenvalue weighted by Gasteiger charge is 2.27. The Morgan fingerprint density at radius 1 is 1.24 bits per heavy atom. The van der Waals surface area contributed by atoms with Crippen LogP contribution in [0.1, 0.15) is 33.6 Å². The SMILES string of the molecule is O=C(O)CCCN1Cc2cc(-c3ccc(C=C4NC(=S)NC4=O)s3)ccc2C1=O. The zero-order valence-corrected chi connectivity index (χ0v) is 16.9. The van der Waals surface area contributed by atoms with Crippen molar-refractivity contribution in [3.63, 3.8) is 0 Å². The molecule has 2 amide bonds. The highest BCUT2D eigenvalue weighted by atomic mass is 32.1. The topological polar surface area (TPSA) is 98.7 Å². The third-order valence-corrected chi connectivity index (χ3v) is 6.01. The smallest absolute Gasteiger partial charge is 0.303 e. The van der Waals surface area contributed by atoms with Gasteiger partial charge in [-0.05, 0) is 60.1 Å². The molecular formula is C20H17N3O4S2. The number of carboxylic acids is 1. The van der Waals surface area contributed by atoms with Gasteiger partial charge >= 0.3 is 5.97 Å². The number of nitrogens with zero attached hydrogens (tertiary/aromatic N) is 1. The van der Waals surface area contributed by atoms with Crippen molar-refractivity contribution in [3.05, 3.63) is 52.0 Å². The largest absolute Gasteiger partial charge is 0.481 e. The summed E-state index contributed by atoms with van der Waals surface area (Å²) in [5, 5.41) is 14.4. The third-order valence-electron chi connectivity index (χ3n) is 4.72. The second-order valence-electron chi connectivity index (χ2n) is 6.76. The number of amides is 2. The van der Waals surface area contributed by atoms with E-state index in [4.69, 9.17) is 17.3 Å². The minimum Gasteiger partial charge on any atom is -0.481 e. The first-order chi connectivity index (χ1) is 13.9. The first-order valence-corrected chi connectivity index (χ1v) is 10.2. The average Bonchev–Trinajstić information content (AvgIpc) is 3.34. The Bertz CT molecular complexity index is 1070. The summed E-state index contributed by atoms with van der Waals surface area (Å²) in [6, 6.07) is 9.65. The van der Waals surface area contributed by atoms with Crippen LogP contribution in [0.4, 0.5) is 0 Å². The van der Waals surface area contributed by atoms with Crippen LogP contribution in [-0.2, 0) is 16.1 Å². The number of fused-ring (bicyclic) bond motifs is 1. The normalized spacial score (nSPS) is 16.9. The molecule has 0 aliphatic carbocycles. The molecule has 3 N–H and O–H groups in total. The first kappa shape index (κ1) is 19.3. The van der Waals surface area contributed by atoms with Crippen molar-refractivity contribution >= 4 is 52.5 Å². The Labute approximate surface area is 176 Å². The number of thiocarbonyl (C=S) groups is 1. The van der Waals surface area contributed by atoms with Crippen LogP contribution in [0.5, 0.6) is 0 Å². The number of benzene rings is 1. The third kappa shape index (κ3) is 4.06. The molecule has 2 aliphatic heterocycles. The number of thiophene rings is 1. The van der Waals surface area contributed by atoms with Gasteiger partial charge in [-0.25, -0.2) is 0 Å². The number of carbonyl (C=O) groups excluding carboxylic acids is 2. The van der Waals surface area contributed by atoms with Gasteiger partial charge in [0.05, 0.1) is 0 Å². The van der Waals surface area contributed by atoms with Gasteiger partial charge in [0.15, 0.2) is 5.11 Å². The van der Waals surface area contributed by atoms with Crippen LogP contribution in [0, 0.1) is 0 Å². The lowest BCUT2D eigenvalue weighted by Crippen LogP contribution is -2.25. The summed E-state index contributed by atoms with van der Waals surface area (Å²) >= 11 is 6.47. The lowest BCUT2D eigenvalue weighted by Gasteiger charge is -2.14. The van der Waals surface area contributed by atoms with E-state index in [0.29, 0.717) is 35.9 Å². The molecule has 1 aromatic heterocycles. The number of nitrogens with one attached hydrogen (secondary N) is 2. The molecule has 9 heteroatoms. The van der Waals surface area contributed by atoms with Crippen molar-refractivity contribution < 1.29 is 19.5 Å². The molecule has 148 valence electrons. The van der Waals surface area contributed by atoms with Crippen molar-refractivity contribution in [1.29, 1.82) is 0 Å². The monoisotopic (exact) mass is 427 g/mol. The van der Waals surface area contributed by atoms with Crippen LogP contribution in [0.25, 0.3) is 16.5 Å². The van der Waals surface area contributed by atoms with E-state index in [9.17, 15) is 14.4 Å². The van der Waals surface area contributed by atoms with Crippen LogP contribution in [0.2, 0.25) is 0 Å². The molecule has 0 bridgehead atoms. The Morgan fingerprint density at radius 3 is 2.79 bits per heavy atom. The van der Waals surface area contributed by atoms with Crippen molar-refractivity contribution in [1.82, 2.24) is 15.5 Å². The second kappa shape index (κ2) is 7.76. The maximum Gasteiger partial charge on any atom is 0.303 e. The number of rotatable bonds is 6. The Balaban J connectivity index is 1.50. The van der Waals surface area contributed by atoms with Crippen molar-refractivity contribution in [3.8, 4) is 10.4 Å². The Morgan fingerprint density at radius 2 is 2.07 bits per heavy atom. The summed E-state index contributed by atoms with van der Waals surface area (Å²) in [4.78, 5) is 38.6. The van der Waals surface area contributed by atoms with Crippen molar-refractivity contribution in [2.45, 2.75) is 19.4 Å². The molecule has 7 nitrogen and oxygen atoms in total. The van der Waals surface area contributed by atoms with Crippen molar-refractivity contribution in [2.24, 2.45) is 0 Å². The summed E-state index contributed by atoms with van der Waals surface area (Å²) < 4.78 is 0. The molecule has 1 aromatic carbocycles. The zero-order chi connectivity index (χ0) is 20.5. The van der Waals surface area contributed by atoms with Crippen LogP contribution in [-0.4, -0.2) is 39.4 Å². The second-order valence-corrected chi connectivity index (χ2v) is 8.29. The molecule has 3 heterocycles. The molecular weight excluding hydrogens is 410 g/mol. The van der Waals surface area contributed by atoms with E-state index >= 15 is 0 Å². The summed E-state index contributed by atoms with van der Waals surface area (Å²) in [6.45, 7) is 0.925. The molecule has 0 unspecified atom stereocenters. The quantitative estimate of drug-likeness (QED) is 0.484. The number of hydrogen-bond donors (Lipinski definition) is 3. The molecule has 0 radical (unpaired) electrons. The molecule has 0 saturated carbocycles. The molecule has 1 fully saturated rings. The maximum atomic E-state index is 12.5. The molecule has 0 atom stereocenters. The van der Waals surface area contributed by atoms with E-state index in [1.807, 2.05) is 30.3 Å². The number of aliphatic carboxylic acids is 1. The van der Waals surface area contributed by atoms with Gasteiger partial charge in [0.1, 0.15) is 5.70 Å². The number of carboxylic acid groups (broad SMARTS) is 1. The molecule has 29 heavy (non-hydrogen) atoms. The fraction of sp³-hybridized carbons (Fsp3) is 0.200. The number of carbonyl (C=O) groups is 3. The predicted octanol–water partition coefficient (Wildman–Crippen LogP) is 2.58. The van der Waals surface area contributed by atoms with Gasteiger partial charge in [-0.1, -0.05) is 6.07 Å². The predicted molar refractivity (Wildman–Crippen MR) is 113 cm³/mol. The lowest BCUT2D eigenvalue weighted by molar-refractivity contribution is -0.137. The van der Waals surface area contributed by atoms with E-state index in [0.717, 1.165) is 20.9 Å². The lowest BCUT2D eigenvalue weighted by atomic mass is 10.1. The van der Waals surface area contributed by atoms with E-state index in [-0.39, 0.29) is 18.2 Å². The maximum absolute atomic E-state index is 12.5. The van der Waals surface area contributed by atoms with E-state index in [1.165, 1.54) is 11.3 Å². The van der Waals surface area contributed by atoms with E-state index in [2.05, 4.69) is 10.6 Å². The van der Waals surface area contributed by atoms with Crippen LogP contribution >= 0.6 is 23.6 Å². The van der Waals surface area contributed by atoms with Gasteiger partial charge < -0.3 is 15.3 Å². The molecule has 1 saturated heterocycles. The molecule has 0 spiro atoms. The molecule has 2 aromatic rings. The fourth-order valence-corrected chi connectivity index (χ4v) is 4.50. The average molecular weight is 428 g/mol. The first-order valence-electron chi connectivity index (χ1n) is 8.99. The summed E-state index contributed by atoms with van der Waals surface area (Å²) in [5.41, 5.74) is 3.03. The van der Waals surface area contributed by atoms with E-state index < -0.39 is 5.97 Å².